The number of benzene rings is 1. The van der Waals surface area contributed by atoms with Gasteiger partial charge in [0.05, 0.1) is 5.69 Å². The predicted molar refractivity (Wildman–Crippen MR) is 77.2 cm³/mol. The van der Waals surface area contributed by atoms with Crippen LogP contribution in [0.5, 0.6) is 0 Å². The fraction of sp³-hybridized carbons (Fsp3) is 0.308. The van der Waals surface area contributed by atoms with E-state index in [1.165, 1.54) is 23.5 Å². The Bertz CT molecular complexity index is 784. The summed E-state index contributed by atoms with van der Waals surface area (Å²) in [5.74, 6) is 0.343. The average Bonchev–Trinajstić information content (AvgIpc) is 2.90. The molecule has 0 aliphatic heterocycles. The molecule has 0 aliphatic rings. The Balaban J connectivity index is 2.14. The number of halogens is 1. The van der Waals surface area contributed by atoms with Gasteiger partial charge in [-0.3, -0.25) is 0 Å². The van der Waals surface area contributed by atoms with Crippen LogP contribution in [-0.2, 0) is 5.41 Å². The van der Waals surface area contributed by atoms with Crippen molar-refractivity contribution in [3.05, 3.63) is 29.8 Å². The number of nitrogens with zero attached hydrogens (tertiary/aromatic N) is 4. The van der Waals surface area contributed by atoms with E-state index in [2.05, 4.69) is 15.3 Å². The quantitative estimate of drug-likeness (QED) is 0.700. The zero-order valence-electron chi connectivity index (χ0n) is 11.4. The van der Waals surface area contributed by atoms with Crippen molar-refractivity contribution in [2.45, 2.75) is 26.2 Å². The summed E-state index contributed by atoms with van der Waals surface area (Å²) in [6.07, 6.45) is 0. The minimum Gasteiger partial charge on any atom is -0.396 e. The van der Waals surface area contributed by atoms with Gasteiger partial charge in [-0.1, -0.05) is 32.1 Å². The van der Waals surface area contributed by atoms with Crippen molar-refractivity contribution >= 4 is 22.0 Å². The molecule has 7 heteroatoms. The zero-order chi connectivity index (χ0) is 14.5. The summed E-state index contributed by atoms with van der Waals surface area (Å²) in [6.45, 7) is 6.14. The zero-order valence-corrected chi connectivity index (χ0v) is 12.2. The molecule has 2 N–H and O–H groups in total. The summed E-state index contributed by atoms with van der Waals surface area (Å²) in [4.78, 5) is 0.696. The highest BCUT2D eigenvalue weighted by Gasteiger charge is 2.23. The highest BCUT2D eigenvalue weighted by molar-refractivity contribution is 7.19. The third-order valence-electron chi connectivity index (χ3n) is 2.91. The molecule has 2 heterocycles. The second-order valence-electron chi connectivity index (χ2n) is 5.61. The van der Waals surface area contributed by atoms with E-state index in [-0.39, 0.29) is 11.1 Å². The molecule has 0 amide bonds. The molecule has 0 bridgehead atoms. The Hall–Kier alpha value is -2.02. The number of fused-ring (bicyclic) bond motifs is 1. The van der Waals surface area contributed by atoms with E-state index >= 15 is 0 Å². The van der Waals surface area contributed by atoms with Gasteiger partial charge < -0.3 is 5.73 Å². The second-order valence-corrected chi connectivity index (χ2v) is 6.57. The van der Waals surface area contributed by atoms with Gasteiger partial charge in [-0.05, 0) is 18.2 Å². The van der Waals surface area contributed by atoms with Gasteiger partial charge in [0, 0.05) is 11.0 Å². The number of hydrogen-bond donors (Lipinski definition) is 1. The molecular weight excluding hydrogens is 277 g/mol. The van der Waals surface area contributed by atoms with Gasteiger partial charge in [-0.15, -0.1) is 10.2 Å². The van der Waals surface area contributed by atoms with Crippen LogP contribution in [0.1, 0.15) is 26.6 Å². The van der Waals surface area contributed by atoms with Crippen LogP contribution < -0.4 is 5.73 Å². The van der Waals surface area contributed by atoms with E-state index < -0.39 is 5.82 Å². The SMILES string of the molecule is CC(C)(C)c1nnc2sc(-c3ccc(N)c(F)c3)nn12. The van der Waals surface area contributed by atoms with Gasteiger partial charge in [0.1, 0.15) is 10.8 Å². The number of aromatic nitrogens is 4. The van der Waals surface area contributed by atoms with Gasteiger partial charge in [0.2, 0.25) is 4.96 Å². The molecule has 3 rings (SSSR count). The van der Waals surface area contributed by atoms with Gasteiger partial charge in [-0.25, -0.2) is 4.39 Å². The molecular formula is C13H14FN5S. The number of nitrogen functional groups attached to an aromatic ring is 1. The van der Waals surface area contributed by atoms with Gasteiger partial charge in [0.25, 0.3) is 0 Å². The lowest BCUT2D eigenvalue weighted by atomic mass is 9.96. The van der Waals surface area contributed by atoms with Crippen LogP contribution in [-0.4, -0.2) is 19.8 Å². The van der Waals surface area contributed by atoms with Crippen LogP contribution in [0.3, 0.4) is 0 Å². The Morgan fingerprint density at radius 1 is 1.25 bits per heavy atom. The van der Waals surface area contributed by atoms with Crippen LogP contribution in [0.2, 0.25) is 0 Å². The van der Waals surface area contributed by atoms with E-state index in [1.807, 2.05) is 20.8 Å². The van der Waals surface area contributed by atoms with Crippen LogP contribution >= 0.6 is 11.3 Å². The number of rotatable bonds is 1. The summed E-state index contributed by atoms with van der Waals surface area (Å²) in [5, 5.41) is 13.5. The molecule has 0 radical (unpaired) electrons. The van der Waals surface area contributed by atoms with Gasteiger partial charge in [-0.2, -0.15) is 9.61 Å². The lowest BCUT2D eigenvalue weighted by molar-refractivity contribution is 0.528. The second kappa shape index (κ2) is 4.24. The molecule has 0 spiro atoms. The van der Waals surface area contributed by atoms with Crippen molar-refractivity contribution in [1.29, 1.82) is 0 Å². The topological polar surface area (TPSA) is 69.1 Å². The van der Waals surface area contributed by atoms with Crippen LogP contribution in [0, 0.1) is 5.82 Å². The predicted octanol–water partition coefficient (Wildman–Crippen LogP) is 2.87. The monoisotopic (exact) mass is 291 g/mol. The first kappa shape index (κ1) is 13.0. The maximum atomic E-state index is 13.5. The molecule has 20 heavy (non-hydrogen) atoms. The summed E-state index contributed by atoms with van der Waals surface area (Å²) in [6, 6.07) is 4.68. The molecule has 104 valence electrons. The van der Waals surface area contributed by atoms with Crippen molar-refractivity contribution in [2.24, 2.45) is 0 Å². The maximum Gasteiger partial charge on any atom is 0.235 e. The van der Waals surface area contributed by atoms with Crippen LogP contribution in [0.25, 0.3) is 15.5 Å². The van der Waals surface area contributed by atoms with Crippen molar-refractivity contribution in [3.63, 3.8) is 0 Å². The Kier molecular flexibility index (Phi) is 2.75. The Morgan fingerprint density at radius 2 is 2.00 bits per heavy atom. The van der Waals surface area contributed by atoms with Crippen LogP contribution in [0.15, 0.2) is 18.2 Å². The largest absolute Gasteiger partial charge is 0.396 e. The summed E-state index contributed by atoms with van der Waals surface area (Å²) in [7, 11) is 0. The number of nitrogens with two attached hydrogens (primary N) is 1. The van der Waals surface area contributed by atoms with E-state index in [0.29, 0.717) is 15.5 Å². The third kappa shape index (κ3) is 2.03. The highest BCUT2D eigenvalue weighted by Crippen LogP contribution is 2.29. The minimum atomic E-state index is -0.440. The molecule has 1 aromatic carbocycles. The van der Waals surface area contributed by atoms with Gasteiger partial charge in [0.15, 0.2) is 5.82 Å². The first-order chi connectivity index (χ1) is 9.36. The lowest BCUT2D eigenvalue weighted by Gasteiger charge is -2.13. The Labute approximate surface area is 119 Å². The first-order valence-corrected chi connectivity index (χ1v) is 6.96. The van der Waals surface area contributed by atoms with E-state index in [9.17, 15) is 4.39 Å². The summed E-state index contributed by atoms with van der Waals surface area (Å²) >= 11 is 1.37. The fourth-order valence-electron chi connectivity index (χ4n) is 1.86. The molecule has 0 fully saturated rings. The summed E-state index contributed by atoms with van der Waals surface area (Å²) in [5.41, 5.74) is 6.15. The standard InChI is InChI=1S/C13H14FN5S/c1-13(2,3)11-16-17-12-19(11)18-10(20-12)7-4-5-9(15)8(14)6-7/h4-6H,15H2,1-3H3. The van der Waals surface area contributed by atoms with Crippen molar-refractivity contribution in [2.75, 3.05) is 5.73 Å². The number of hydrogen-bond acceptors (Lipinski definition) is 5. The lowest BCUT2D eigenvalue weighted by Crippen LogP contribution is -2.16. The van der Waals surface area contributed by atoms with Crippen LogP contribution in [0.4, 0.5) is 10.1 Å². The normalized spacial score (nSPS) is 12.2. The molecule has 0 aliphatic carbocycles. The van der Waals surface area contributed by atoms with E-state index in [1.54, 1.807) is 10.6 Å². The average molecular weight is 291 g/mol. The molecule has 5 nitrogen and oxygen atoms in total. The molecule has 3 aromatic rings. The minimum absolute atomic E-state index is 0.132. The van der Waals surface area contributed by atoms with Crippen molar-refractivity contribution in [3.8, 4) is 10.6 Å². The van der Waals surface area contributed by atoms with E-state index in [0.717, 1.165) is 5.82 Å². The molecule has 2 aromatic heterocycles. The van der Waals surface area contributed by atoms with Crippen molar-refractivity contribution in [1.82, 2.24) is 19.8 Å². The molecule has 0 saturated carbocycles. The smallest absolute Gasteiger partial charge is 0.235 e. The number of anilines is 1. The Morgan fingerprint density at radius 3 is 2.65 bits per heavy atom. The van der Waals surface area contributed by atoms with E-state index in [4.69, 9.17) is 5.73 Å². The maximum absolute atomic E-state index is 13.5. The van der Waals surface area contributed by atoms with Gasteiger partial charge >= 0.3 is 0 Å². The third-order valence-corrected chi connectivity index (χ3v) is 3.86. The molecule has 0 unspecified atom stereocenters. The highest BCUT2D eigenvalue weighted by atomic mass is 32.1. The fourth-order valence-corrected chi connectivity index (χ4v) is 2.70. The van der Waals surface area contributed by atoms with Crippen molar-refractivity contribution < 1.29 is 4.39 Å². The summed E-state index contributed by atoms with van der Waals surface area (Å²) < 4.78 is 15.2. The first-order valence-electron chi connectivity index (χ1n) is 6.14. The molecule has 0 atom stereocenters. The molecule has 0 saturated heterocycles.